The van der Waals surface area contributed by atoms with Gasteiger partial charge in [0, 0.05) is 10.6 Å². The SMILES string of the molecule is O=C(NN=Cc1cccc(Cl)c1Cl)c1ccc(Cl)cc1Cl. The molecule has 2 aromatic carbocycles. The molecule has 1 amide bonds. The van der Waals surface area contributed by atoms with Gasteiger partial charge in [0.25, 0.3) is 5.91 Å². The zero-order valence-electron chi connectivity index (χ0n) is 10.4. The first-order chi connectivity index (χ1) is 9.99. The fraction of sp³-hybridized carbons (Fsp3) is 0. The molecule has 0 bridgehead atoms. The van der Waals surface area contributed by atoms with Crippen LogP contribution in [0.5, 0.6) is 0 Å². The van der Waals surface area contributed by atoms with Gasteiger partial charge in [-0.05, 0) is 24.3 Å². The molecule has 0 spiro atoms. The van der Waals surface area contributed by atoms with Gasteiger partial charge in [-0.25, -0.2) is 5.43 Å². The number of rotatable bonds is 3. The van der Waals surface area contributed by atoms with Crippen LogP contribution >= 0.6 is 46.4 Å². The Morgan fingerprint density at radius 3 is 2.52 bits per heavy atom. The maximum Gasteiger partial charge on any atom is 0.272 e. The minimum Gasteiger partial charge on any atom is -0.267 e. The molecule has 0 heterocycles. The summed E-state index contributed by atoms with van der Waals surface area (Å²) < 4.78 is 0. The van der Waals surface area contributed by atoms with Crippen LogP contribution in [-0.2, 0) is 0 Å². The van der Waals surface area contributed by atoms with E-state index in [-0.39, 0.29) is 10.6 Å². The van der Waals surface area contributed by atoms with Crippen molar-refractivity contribution in [3.8, 4) is 0 Å². The lowest BCUT2D eigenvalue weighted by atomic mass is 10.2. The molecule has 0 aliphatic carbocycles. The predicted octanol–water partition coefficient (Wildman–Crippen LogP) is 5.06. The van der Waals surface area contributed by atoms with Gasteiger partial charge in [0.05, 0.1) is 26.8 Å². The Labute approximate surface area is 141 Å². The van der Waals surface area contributed by atoms with Crippen LogP contribution in [0.2, 0.25) is 20.1 Å². The summed E-state index contributed by atoms with van der Waals surface area (Å²) in [6.45, 7) is 0. The van der Waals surface area contributed by atoms with Gasteiger partial charge in [0.2, 0.25) is 0 Å². The molecule has 0 aliphatic rings. The van der Waals surface area contributed by atoms with Gasteiger partial charge in [-0.3, -0.25) is 4.79 Å². The van der Waals surface area contributed by atoms with Crippen molar-refractivity contribution in [1.82, 2.24) is 5.43 Å². The molecule has 1 N–H and O–H groups in total. The molecule has 0 saturated carbocycles. The first kappa shape index (κ1) is 16.1. The van der Waals surface area contributed by atoms with Crippen LogP contribution in [0, 0.1) is 0 Å². The third-order valence-electron chi connectivity index (χ3n) is 2.53. The molecule has 7 heteroatoms. The van der Waals surface area contributed by atoms with Crippen LogP contribution in [0.25, 0.3) is 0 Å². The molecule has 2 aromatic rings. The Morgan fingerprint density at radius 2 is 1.81 bits per heavy atom. The maximum absolute atomic E-state index is 11.9. The van der Waals surface area contributed by atoms with Crippen molar-refractivity contribution in [2.75, 3.05) is 0 Å². The highest BCUT2D eigenvalue weighted by atomic mass is 35.5. The molecule has 2 rings (SSSR count). The molecule has 21 heavy (non-hydrogen) atoms. The molecule has 3 nitrogen and oxygen atoms in total. The Balaban J connectivity index is 2.10. The molecule has 0 unspecified atom stereocenters. The standard InChI is InChI=1S/C14H8Cl4N2O/c15-9-4-5-10(12(17)6-9)14(21)20-19-7-8-2-1-3-11(16)13(8)18/h1-7H,(H,20,21). The van der Waals surface area contributed by atoms with Gasteiger partial charge >= 0.3 is 0 Å². The fourth-order valence-corrected chi connectivity index (χ4v) is 2.37. The molecule has 0 aromatic heterocycles. The van der Waals surface area contributed by atoms with E-state index in [1.807, 2.05) is 0 Å². The van der Waals surface area contributed by atoms with E-state index in [0.29, 0.717) is 20.6 Å². The van der Waals surface area contributed by atoms with Crippen molar-refractivity contribution in [1.29, 1.82) is 0 Å². The second-order valence-electron chi connectivity index (χ2n) is 3.97. The van der Waals surface area contributed by atoms with Gasteiger partial charge in [-0.15, -0.1) is 0 Å². The van der Waals surface area contributed by atoms with Crippen LogP contribution in [0.4, 0.5) is 0 Å². The number of carbonyl (C=O) groups excluding carboxylic acids is 1. The highest BCUT2D eigenvalue weighted by Crippen LogP contribution is 2.24. The summed E-state index contributed by atoms with van der Waals surface area (Å²) in [5.74, 6) is -0.453. The number of carbonyl (C=O) groups is 1. The summed E-state index contributed by atoms with van der Waals surface area (Å²) in [6.07, 6.45) is 1.40. The molecule has 0 fully saturated rings. The minimum atomic E-state index is -0.453. The molecule has 0 saturated heterocycles. The maximum atomic E-state index is 11.9. The van der Waals surface area contributed by atoms with Crippen LogP contribution in [0.3, 0.4) is 0 Å². The Hall–Kier alpha value is -1.26. The zero-order chi connectivity index (χ0) is 15.4. The number of nitrogens with zero attached hydrogens (tertiary/aromatic N) is 1. The molecule has 0 radical (unpaired) electrons. The van der Waals surface area contributed by atoms with Gasteiger partial charge in [-0.2, -0.15) is 5.10 Å². The summed E-state index contributed by atoms with van der Waals surface area (Å²) in [6, 6.07) is 9.68. The van der Waals surface area contributed by atoms with Gasteiger partial charge in [-0.1, -0.05) is 58.5 Å². The lowest BCUT2D eigenvalue weighted by molar-refractivity contribution is 0.0955. The highest BCUT2D eigenvalue weighted by molar-refractivity contribution is 6.43. The fourth-order valence-electron chi connectivity index (χ4n) is 1.51. The van der Waals surface area contributed by atoms with E-state index in [0.717, 1.165) is 0 Å². The normalized spacial score (nSPS) is 10.9. The number of hydrogen-bond donors (Lipinski definition) is 1. The number of amides is 1. The summed E-state index contributed by atoms with van der Waals surface area (Å²) in [5.41, 5.74) is 3.22. The van der Waals surface area contributed by atoms with E-state index in [4.69, 9.17) is 46.4 Å². The number of halogens is 4. The van der Waals surface area contributed by atoms with Gasteiger partial charge in [0.15, 0.2) is 0 Å². The summed E-state index contributed by atoms with van der Waals surface area (Å²) in [4.78, 5) is 11.9. The van der Waals surface area contributed by atoms with E-state index < -0.39 is 5.91 Å². The van der Waals surface area contributed by atoms with E-state index in [9.17, 15) is 4.79 Å². The Kier molecular flexibility index (Phi) is 5.48. The Morgan fingerprint density at radius 1 is 1.05 bits per heavy atom. The van der Waals surface area contributed by atoms with E-state index in [2.05, 4.69) is 10.5 Å². The van der Waals surface area contributed by atoms with Crippen LogP contribution < -0.4 is 5.43 Å². The van der Waals surface area contributed by atoms with Gasteiger partial charge in [0.1, 0.15) is 0 Å². The molecule has 0 aliphatic heterocycles. The number of benzene rings is 2. The largest absolute Gasteiger partial charge is 0.272 e. The highest BCUT2D eigenvalue weighted by Gasteiger charge is 2.09. The smallest absolute Gasteiger partial charge is 0.267 e. The third kappa shape index (κ3) is 4.11. The van der Waals surface area contributed by atoms with Crippen LogP contribution in [-0.4, -0.2) is 12.1 Å². The minimum absolute atomic E-state index is 0.246. The van der Waals surface area contributed by atoms with E-state index in [1.165, 1.54) is 18.3 Å². The Bertz CT molecular complexity index is 716. The average molecular weight is 362 g/mol. The molecule has 0 atom stereocenters. The van der Waals surface area contributed by atoms with Crippen molar-refractivity contribution < 1.29 is 4.79 Å². The lowest BCUT2D eigenvalue weighted by Crippen LogP contribution is -2.18. The lowest BCUT2D eigenvalue weighted by Gasteiger charge is -2.03. The van der Waals surface area contributed by atoms with Crippen molar-refractivity contribution in [3.05, 3.63) is 67.6 Å². The van der Waals surface area contributed by atoms with Crippen molar-refractivity contribution in [2.24, 2.45) is 5.10 Å². The number of hydrogen-bond acceptors (Lipinski definition) is 2. The molecule has 108 valence electrons. The van der Waals surface area contributed by atoms with Crippen LogP contribution in [0.1, 0.15) is 15.9 Å². The van der Waals surface area contributed by atoms with E-state index in [1.54, 1.807) is 24.3 Å². The first-order valence-electron chi connectivity index (χ1n) is 5.71. The number of nitrogens with one attached hydrogen (secondary N) is 1. The third-order valence-corrected chi connectivity index (χ3v) is 3.91. The van der Waals surface area contributed by atoms with Crippen molar-refractivity contribution >= 4 is 58.5 Å². The second kappa shape index (κ2) is 7.14. The molecular formula is C14H8Cl4N2O. The zero-order valence-corrected chi connectivity index (χ0v) is 13.4. The number of hydrazone groups is 1. The first-order valence-corrected chi connectivity index (χ1v) is 7.22. The predicted molar refractivity (Wildman–Crippen MR) is 88.0 cm³/mol. The van der Waals surface area contributed by atoms with E-state index >= 15 is 0 Å². The van der Waals surface area contributed by atoms with Crippen LogP contribution in [0.15, 0.2) is 41.5 Å². The van der Waals surface area contributed by atoms with Crippen molar-refractivity contribution in [3.63, 3.8) is 0 Å². The average Bonchev–Trinajstić information content (AvgIpc) is 2.43. The summed E-state index contributed by atoms with van der Waals surface area (Å²) >= 11 is 23.6. The van der Waals surface area contributed by atoms with Gasteiger partial charge < -0.3 is 0 Å². The summed E-state index contributed by atoms with van der Waals surface area (Å²) in [7, 11) is 0. The molecular weight excluding hydrogens is 354 g/mol. The quantitative estimate of drug-likeness (QED) is 0.602. The summed E-state index contributed by atoms with van der Waals surface area (Å²) in [5, 5.41) is 5.29. The van der Waals surface area contributed by atoms with Crippen molar-refractivity contribution in [2.45, 2.75) is 0 Å². The topological polar surface area (TPSA) is 41.5 Å². The monoisotopic (exact) mass is 360 g/mol. The second-order valence-corrected chi connectivity index (χ2v) is 5.60.